The minimum Gasteiger partial charge on any atom is -0.341 e. The van der Waals surface area contributed by atoms with Crippen LogP contribution in [0.5, 0.6) is 0 Å². The van der Waals surface area contributed by atoms with Crippen LogP contribution < -0.4 is 0 Å². The van der Waals surface area contributed by atoms with Gasteiger partial charge in [0.15, 0.2) is 15.0 Å². The first-order chi connectivity index (χ1) is 14.4. The second-order valence-corrected chi connectivity index (χ2v) is 12.4. The second kappa shape index (κ2) is 9.40. The van der Waals surface area contributed by atoms with Crippen LogP contribution in [0.3, 0.4) is 0 Å². The van der Waals surface area contributed by atoms with Crippen LogP contribution in [0.25, 0.3) is 0 Å². The van der Waals surface area contributed by atoms with Gasteiger partial charge in [0.2, 0.25) is 5.91 Å². The lowest BCUT2D eigenvalue weighted by Crippen LogP contribution is -2.38. The van der Waals surface area contributed by atoms with Crippen LogP contribution >= 0.6 is 23.1 Å². The summed E-state index contributed by atoms with van der Waals surface area (Å²) in [6.45, 7) is 0. The highest BCUT2D eigenvalue weighted by Gasteiger charge is 2.33. The fourth-order valence-corrected chi connectivity index (χ4v) is 7.74. The summed E-state index contributed by atoms with van der Waals surface area (Å²) in [4.78, 5) is 15.6. The highest BCUT2D eigenvalue weighted by molar-refractivity contribution is 7.99. The molecule has 3 heterocycles. The predicted octanol–water partition coefficient (Wildman–Crippen LogP) is 3.17. The Morgan fingerprint density at radius 1 is 1.27 bits per heavy atom. The molecule has 2 aliphatic rings. The molecule has 1 atom stereocenters. The molecule has 2 fully saturated rings. The number of hydrogen-bond donors (Lipinski definition) is 0. The van der Waals surface area contributed by atoms with E-state index in [4.69, 9.17) is 0 Å². The average Bonchev–Trinajstić information content (AvgIpc) is 3.47. The normalized spacial score (nSPS) is 21.7. The van der Waals surface area contributed by atoms with Crippen LogP contribution in [0, 0.1) is 0 Å². The number of carbonyl (C=O) groups is 1. The summed E-state index contributed by atoms with van der Waals surface area (Å²) in [6, 6.07) is 4.34. The summed E-state index contributed by atoms with van der Waals surface area (Å²) in [6.07, 6.45) is 7.23. The number of carbonyl (C=O) groups excluding carboxylic acids is 1. The van der Waals surface area contributed by atoms with Gasteiger partial charge in [-0.3, -0.25) is 4.79 Å². The van der Waals surface area contributed by atoms with Gasteiger partial charge in [0.1, 0.15) is 5.82 Å². The van der Waals surface area contributed by atoms with Gasteiger partial charge in [0.25, 0.3) is 0 Å². The van der Waals surface area contributed by atoms with Crippen molar-refractivity contribution in [2.45, 2.75) is 62.2 Å². The lowest BCUT2D eigenvalue weighted by atomic mass is 9.95. The van der Waals surface area contributed by atoms with E-state index < -0.39 is 9.84 Å². The van der Waals surface area contributed by atoms with Crippen molar-refractivity contribution in [3.63, 3.8) is 0 Å². The molecule has 2 aromatic heterocycles. The van der Waals surface area contributed by atoms with Crippen LogP contribution in [0.15, 0.2) is 22.7 Å². The molecular formula is C20H28N4O3S3. The molecule has 30 heavy (non-hydrogen) atoms. The number of sulfone groups is 1. The zero-order valence-corrected chi connectivity index (χ0v) is 19.6. The van der Waals surface area contributed by atoms with E-state index in [1.165, 1.54) is 35.9 Å². The number of rotatable bonds is 7. The first-order valence-corrected chi connectivity index (χ1v) is 14.2. The van der Waals surface area contributed by atoms with Crippen LogP contribution in [0.2, 0.25) is 0 Å². The summed E-state index contributed by atoms with van der Waals surface area (Å²) < 4.78 is 25.7. The van der Waals surface area contributed by atoms with Gasteiger partial charge in [-0.15, -0.1) is 21.5 Å². The largest absolute Gasteiger partial charge is 0.341 e. The molecule has 0 N–H and O–H groups in total. The molecule has 2 aromatic rings. The Hall–Kier alpha value is -1.39. The second-order valence-electron chi connectivity index (χ2n) is 8.17. The summed E-state index contributed by atoms with van der Waals surface area (Å²) >= 11 is 3.14. The standard InChI is InChI=1S/C20H28N4O3S3/c1-23(16-9-11-30(26,27)14-16)19(25)13-29-20-22-21-18(12-17-8-5-10-28-17)24(20)15-6-3-2-4-7-15/h5,8,10,15-16H,2-4,6-7,9,11-14H2,1H3/t16-/m0/s1. The Labute approximate surface area is 186 Å². The zero-order chi connectivity index (χ0) is 21.1. The van der Waals surface area contributed by atoms with Gasteiger partial charge in [-0.1, -0.05) is 37.1 Å². The van der Waals surface area contributed by atoms with Gasteiger partial charge >= 0.3 is 0 Å². The number of thiophene rings is 1. The minimum atomic E-state index is -3.01. The van der Waals surface area contributed by atoms with Crippen molar-refractivity contribution in [3.8, 4) is 0 Å². The van der Waals surface area contributed by atoms with E-state index in [9.17, 15) is 13.2 Å². The lowest BCUT2D eigenvalue weighted by Gasteiger charge is -2.26. The highest BCUT2D eigenvalue weighted by Crippen LogP contribution is 2.33. The van der Waals surface area contributed by atoms with Gasteiger partial charge in [-0.05, 0) is 30.7 Å². The fraction of sp³-hybridized carbons (Fsp3) is 0.650. The molecule has 164 valence electrons. The summed E-state index contributed by atoms with van der Waals surface area (Å²) in [5.74, 6) is 1.40. The molecule has 7 nitrogen and oxygen atoms in total. The number of nitrogens with zero attached hydrogens (tertiary/aromatic N) is 4. The van der Waals surface area contributed by atoms with Crippen LogP contribution in [-0.4, -0.2) is 64.3 Å². The quantitative estimate of drug-likeness (QED) is 0.580. The monoisotopic (exact) mass is 468 g/mol. The van der Waals surface area contributed by atoms with E-state index in [-0.39, 0.29) is 29.2 Å². The van der Waals surface area contributed by atoms with E-state index in [2.05, 4.69) is 32.3 Å². The van der Waals surface area contributed by atoms with Gasteiger partial charge in [0, 0.05) is 30.4 Å². The van der Waals surface area contributed by atoms with E-state index >= 15 is 0 Å². The third kappa shape index (κ3) is 5.08. The van der Waals surface area contributed by atoms with Crippen molar-refractivity contribution in [2.75, 3.05) is 24.3 Å². The van der Waals surface area contributed by atoms with E-state index in [1.807, 2.05) is 0 Å². The number of thioether (sulfide) groups is 1. The first kappa shape index (κ1) is 21.8. The molecular weight excluding hydrogens is 440 g/mol. The molecule has 0 radical (unpaired) electrons. The van der Waals surface area contributed by atoms with Gasteiger partial charge < -0.3 is 9.47 Å². The Bertz CT molecular complexity index is 966. The SMILES string of the molecule is CN(C(=O)CSc1nnc(Cc2cccs2)n1C1CCCCC1)[C@H]1CCS(=O)(=O)C1. The highest BCUT2D eigenvalue weighted by atomic mass is 32.2. The van der Waals surface area contributed by atoms with Crippen molar-refractivity contribution in [1.29, 1.82) is 0 Å². The Balaban J connectivity index is 1.46. The van der Waals surface area contributed by atoms with Gasteiger partial charge in [0.05, 0.1) is 17.3 Å². The molecule has 1 saturated heterocycles. The Kier molecular flexibility index (Phi) is 6.84. The molecule has 1 aliphatic heterocycles. The first-order valence-electron chi connectivity index (χ1n) is 10.5. The summed E-state index contributed by atoms with van der Waals surface area (Å²) in [7, 11) is -1.30. The molecule has 0 aromatic carbocycles. The summed E-state index contributed by atoms with van der Waals surface area (Å²) in [5.41, 5.74) is 0. The Morgan fingerprint density at radius 3 is 2.73 bits per heavy atom. The number of amides is 1. The van der Waals surface area contributed by atoms with Crippen LogP contribution in [-0.2, 0) is 21.1 Å². The van der Waals surface area contributed by atoms with Crippen molar-refractivity contribution in [1.82, 2.24) is 19.7 Å². The van der Waals surface area contributed by atoms with Crippen LogP contribution in [0.1, 0.15) is 55.3 Å². The fourth-order valence-electron chi connectivity index (χ4n) is 4.31. The molecule has 10 heteroatoms. The minimum absolute atomic E-state index is 0.0555. The third-order valence-corrected chi connectivity index (χ3v) is 9.62. The molecule has 0 unspecified atom stereocenters. The third-order valence-electron chi connectivity index (χ3n) is 6.06. The smallest absolute Gasteiger partial charge is 0.233 e. The number of aromatic nitrogens is 3. The lowest BCUT2D eigenvalue weighted by molar-refractivity contribution is -0.128. The molecule has 0 bridgehead atoms. The predicted molar refractivity (Wildman–Crippen MR) is 120 cm³/mol. The van der Waals surface area contributed by atoms with E-state index in [0.717, 1.165) is 30.2 Å². The van der Waals surface area contributed by atoms with Crippen molar-refractivity contribution in [3.05, 3.63) is 28.2 Å². The van der Waals surface area contributed by atoms with Gasteiger partial charge in [-0.2, -0.15) is 0 Å². The molecule has 1 aliphatic carbocycles. The maximum Gasteiger partial charge on any atom is 0.233 e. The number of hydrogen-bond acceptors (Lipinski definition) is 7. The Morgan fingerprint density at radius 2 is 2.07 bits per heavy atom. The maximum absolute atomic E-state index is 12.7. The average molecular weight is 469 g/mol. The van der Waals surface area contributed by atoms with Crippen molar-refractivity contribution < 1.29 is 13.2 Å². The molecule has 1 amide bonds. The zero-order valence-electron chi connectivity index (χ0n) is 17.2. The van der Waals surface area contributed by atoms with Crippen LogP contribution in [0.4, 0.5) is 0 Å². The topological polar surface area (TPSA) is 85.2 Å². The molecule has 1 saturated carbocycles. The van der Waals surface area contributed by atoms with E-state index in [1.54, 1.807) is 23.3 Å². The molecule has 4 rings (SSSR count). The maximum atomic E-state index is 12.7. The molecule has 0 spiro atoms. The van der Waals surface area contributed by atoms with Crippen molar-refractivity contribution in [2.24, 2.45) is 0 Å². The van der Waals surface area contributed by atoms with Gasteiger partial charge in [-0.25, -0.2) is 8.42 Å². The van der Waals surface area contributed by atoms with E-state index in [0.29, 0.717) is 12.5 Å². The summed E-state index contributed by atoms with van der Waals surface area (Å²) in [5, 5.41) is 11.8. The van der Waals surface area contributed by atoms with Crippen molar-refractivity contribution >= 4 is 38.8 Å².